The Balaban J connectivity index is 2.99. The highest BCUT2D eigenvalue weighted by Gasteiger charge is 2.25. The highest BCUT2D eigenvalue weighted by molar-refractivity contribution is 6.33. The van der Waals surface area contributed by atoms with Gasteiger partial charge >= 0.3 is 0 Å². The Morgan fingerprint density at radius 3 is 2.60 bits per heavy atom. The smallest absolute Gasteiger partial charge is 0.242 e. The quantitative estimate of drug-likeness (QED) is 0.849. The van der Waals surface area contributed by atoms with Crippen LogP contribution in [0.5, 0.6) is 0 Å². The predicted molar refractivity (Wildman–Crippen MR) is 58.9 cm³/mol. The van der Waals surface area contributed by atoms with Crippen LogP contribution in [0.1, 0.15) is 13.8 Å². The van der Waals surface area contributed by atoms with Crippen molar-refractivity contribution in [1.29, 1.82) is 0 Å². The molecule has 0 saturated heterocycles. The molecule has 0 aliphatic carbocycles. The molecule has 1 rings (SSSR count). The van der Waals surface area contributed by atoms with Crippen LogP contribution in [-0.2, 0) is 4.79 Å². The van der Waals surface area contributed by atoms with E-state index in [9.17, 15) is 4.79 Å². The fourth-order valence-corrected chi connectivity index (χ4v) is 1.13. The van der Waals surface area contributed by atoms with Crippen LogP contribution in [0.25, 0.3) is 0 Å². The number of anilines is 1. The maximum Gasteiger partial charge on any atom is 0.242 e. The van der Waals surface area contributed by atoms with Crippen molar-refractivity contribution in [3.8, 4) is 0 Å². The number of carbonyl (C=O) groups excluding carboxylic acids is 1. The van der Waals surface area contributed by atoms with Gasteiger partial charge in [0.25, 0.3) is 0 Å². The largest absolute Gasteiger partial charge is 0.369 e. The number of halogens is 2. The number of nitrogens with one attached hydrogen (secondary N) is 1. The lowest BCUT2D eigenvalue weighted by Crippen LogP contribution is -2.45. The summed E-state index contributed by atoms with van der Waals surface area (Å²) in [4.78, 5) is 11.1. The van der Waals surface area contributed by atoms with E-state index in [0.29, 0.717) is 5.69 Å². The normalized spacial score (nSPS) is 11.2. The highest BCUT2D eigenvalue weighted by atomic mass is 35.5. The van der Waals surface area contributed by atoms with Gasteiger partial charge in [0, 0.05) is 6.07 Å². The van der Waals surface area contributed by atoms with Crippen molar-refractivity contribution in [1.82, 2.24) is 10.2 Å². The Kier molecular flexibility index (Phi) is 3.36. The van der Waals surface area contributed by atoms with Gasteiger partial charge in [0.2, 0.25) is 5.91 Å². The minimum Gasteiger partial charge on any atom is -0.369 e. The van der Waals surface area contributed by atoms with E-state index in [1.54, 1.807) is 13.8 Å². The van der Waals surface area contributed by atoms with Crippen molar-refractivity contribution in [2.45, 2.75) is 19.4 Å². The fraction of sp³-hybridized carbons (Fsp3) is 0.375. The molecule has 1 aromatic rings. The Morgan fingerprint density at radius 1 is 1.47 bits per heavy atom. The third-order valence-electron chi connectivity index (χ3n) is 1.78. The number of nitrogens with zero attached hydrogens (tertiary/aromatic N) is 2. The van der Waals surface area contributed by atoms with Crippen molar-refractivity contribution in [2.24, 2.45) is 5.73 Å². The molecule has 0 radical (unpaired) electrons. The summed E-state index contributed by atoms with van der Waals surface area (Å²) in [5, 5.41) is 10.3. The SMILES string of the molecule is CC(C)(Nc1cc(Cl)nnc1Cl)C(N)=O. The molecule has 0 aromatic carbocycles. The van der Waals surface area contributed by atoms with Gasteiger partial charge in [0.1, 0.15) is 5.54 Å². The van der Waals surface area contributed by atoms with E-state index in [1.807, 2.05) is 0 Å². The van der Waals surface area contributed by atoms with E-state index in [4.69, 9.17) is 28.9 Å². The first-order valence-electron chi connectivity index (χ1n) is 4.10. The first-order chi connectivity index (χ1) is 6.83. The number of hydrogen-bond acceptors (Lipinski definition) is 4. The summed E-state index contributed by atoms with van der Waals surface area (Å²) in [5.74, 6) is -0.508. The minimum atomic E-state index is -0.935. The number of rotatable bonds is 3. The molecule has 1 aromatic heterocycles. The second-order valence-corrected chi connectivity index (χ2v) is 4.23. The third kappa shape index (κ3) is 2.94. The van der Waals surface area contributed by atoms with Crippen LogP contribution >= 0.6 is 23.2 Å². The number of carbonyl (C=O) groups is 1. The molecular formula is C8H10Cl2N4O. The summed E-state index contributed by atoms with van der Waals surface area (Å²) < 4.78 is 0. The monoisotopic (exact) mass is 248 g/mol. The molecule has 0 fully saturated rings. The van der Waals surface area contributed by atoms with Crippen LogP contribution in [0.4, 0.5) is 5.69 Å². The maximum absolute atomic E-state index is 11.1. The van der Waals surface area contributed by atoms with Gasteiger partial charge in [-0.25, -0.2) is 0 Å². The van der Waals surface area contributed by atoms with Crippen molar-refractivity contribution < 1.29 is 4.79 Å². The van der Waals surface area contributed by atoms with Gasteiger partial charge < -0.3 is 11.1 Å². The molecule has 1 heterocycles. The molecule has 0 bridgehead atoms. The van der Waals surface area contributed by atoms with E-state index in [2.05, 4.69) is 15.5 Å². The van der Waals surface area contributed by atoms with Gasteiger partial charge in [0.05, 0.1) is 5.69 Å². The van der Waals surface area contributed by atoms with Crippen molar-refractivity contribution in [2.75, 3.05) is 5.32 Å². The average molecular weight is 249 g/mol. The number of primary amides is 1. The molecule has 1 amide bonds. The minimum absolute atomic E-state index is 0.133. The maximum atomic E-state index is 11.1. The van der Waals surface area contributed by atoms with Crippen LogP contribution in [-0.4, -0.2) is 21.6 Å². The summed E-state index contributed by atoms with van der Waals surface area (Å²) in [6, 6.07) is 1.47. The average Bonchev–Trinajstić information content (AvgIpc) is 2.10. The zero-order valence-electron chi connectivity index (χ0n) is 8.21. The van der Waals surface area contributed by atoms with Crippen LogP contribution in [0.2, 0.25) is 10.3 Å². The molecule has 7 heteroatoms. The zero-order chi connectivity index (χ0) is 11.6. The Hall–Kier alpha value is -1.07. The molecule has 15 heavy (non-hydrogen) atoms. The first-order valence-corrected chi connectivity index (χ1v) is 4.85. The number of amides is 1. The first kappa shape index (κ1) is 12.0. The van der Waals surface area contributed by atoms with Crippen LogP contribution in [0, 0.1) is 0 Å². The molecule has 0 aliphatic heterocycles. The zero-order valence-corrected chi connectivity index (χ0v) is 9.73. The lowest BCUT2D eigenvalue weighted by Gasteiger charge is -2.23. The van der Waals surface area contributed by atoms with Gasteiger partial charge in [-0.15, -0.1) is 10.2 Å². The van der Waals surface area contributed by atoms with Gasteiger partial charge in [0.15, 0.2) is 10.3 Å². The van der Waals surface area contributed by atoms with E-state index in [1.165, 1.54) is 6.07 Å². The fourth-order valence-electron chi connectivity index (χ4n) is 0.839. The molecule has 0 spiro atoms. The third-order valence-corrected chi connectivity index (χ3v) is 2.25. The summed E-state index contributed by atoms with van der Waals surface area (Å²) in [5.41, 5.74) is 4.68. The molecule has 0 atom stereocenters. The van der Waals surface area contributed by atoms with Gasteiger partial charge in [-0.2, -0.15) is 0 Å². The Morgan fingerprint density at radius 2 is 2.07 bits per heavy atom. The van der Waals surface area contributed by atoms with E-state index < -0.39 is 11.4 Å². The predicted octanol–water partition coefficient (Wildman–Crippen LogP) is 1.46. The second kappa shape index (κ2) is 4.20. The second-order valence-electron chi connectivity index (χ2n) is 3.49. The molecule has 3 N–H and O–H groups in total. The summed E-state index contributed by atoms with van der Waals surface area (Å²) >= 11 is 11.4. The van der Waals surface area contributed by atoms with Crippen LogP contribution < -0.4 is 11.1 Å². The summed E-state index contributed by atoms with van der Waals surface area (Å²) in [6.07, 6.45) is 0. The molecule has 82 valence electrons. The number of nitrogens with two attached hydrogens (primary N) is 1. The molecule has 0 aliphatic rings. The van der Waals surface area contributed by atoms with E-state index in [0.717, 1.165) is 0 Å². The molecular weight excluding hydrogens is 239 g/mol. The van der Waals surface area contributed by atoms with Crippen molar-refractivity contribution in [3.05, 3.63) is 16.4 Å². The Bertz CT molecular complexity index is 394. The van der Waals surface area contributed by atoms with Crippen molar-refractivity contribution >= 4 is 34.8 Å². The molecule has 5 nitrogen and oxygen atoms in total. The lowest BCUT2D eigenvalue weighted by molar-refractivity contribution is -0.121. The van der Waals surface area contributed by atoms with Crippen LogP contribution in [0.3, 0.4) is 0 Å². The van der Waals surface area contributed by atoms with Gasteiger partial charge in [-0.1, -0.05) is 23.2 Å². The Labute approximate surface area is 97.0 Å². The van der Waals surface area contributed by atoms with Gasteiger partial charge in [-0.3, -0.25) is 4.79 Å². The highest BCUT2D eigenvalue weighted by Crippen LogP contribution is 2.24. The van der Waals surface area contributed by atoms with Gasteiger partial charge in [-0.05, 0) is 13.8 Å². The topological polar surface area (TPSA) is 80.9 Å². The van der Waals surface area contributed by atoms with E-state index in [-0.39, 0.29) is 10.3 Å². The lowest BCUT2D eigenvalue weighted by atomic mass is 10.1. The number of aromatic nitrogens is 2. The molecule has 0 saturated carbocycles. The van der Waals surface area contributed by atoms with Crippen molar-refractivity contribution in [3.63, 3.8) is 0 Å². The standard InChI is InChI=1S/C8H10Cl2N4O/c1-8(2,7(11)15)12-4-3-5(9)13-14-6(4)10/h3H,1-2H3,(H2,11,15)(H,12,13). The summed E-state index contributed by atoms with van der Waals surface area (Å²) in [7, 11) is 0. The number of hydrogen-bond donors (Lipinski definition) is 2. The molecule has 0 unspecified atom stereocenters. The summed E-state index contributed by atoms with van der Waals surface area (Å²) in [6.45, 7) is 3.25. The van der Waals surface area contributed by atoms with Crippen LogP contribution in [0.15, 0.2) is 6.07 Å². The van der Waals surface area contributed by atoms with E-state index >= 15 is 0 Å².